The largest absolute Gasteiger partial charge is 0.466 e. The van der Waals surface area contributed by atoms with E-state index in [9.17, 15) is 4.79 Å². The fourth-order valence-electron chi connectivity index (χ4n) is 2.24. The van der Waals surface area contributed by atoms with Crippen molar-refractivity contribution in [2.45, 2.75) is 59.3 Å². The summed E-state index contributed by atoms with van der Waals surface area (Å²) in [7, 11) is 0. The molecule has 0 aliphatic heterocycles. The first kappa shape index (κ1) is 15.7. The van der Waals surface area contributed by atoms with Crippen LogP contribution in [0.25, 0.3) is 0 Å². The number of esters is 1. The van der Waals surface area contributed by atoms with Crippen molar-refractivity contribution in [3.63, 3.8) is 0 Å². The Kier molecular flexibility index (Phi) is 7.24. The minimum atomic E-state index is -0.103. The molecule has 1 rings (SSSR count). The number of carbonyl (C=O) groups is 1. The molecule has 0 unspecified atom stereocenters. The van der Waals surface area contributed by atoms with Gasteiger partial charge in [-0.3, -0.25) is 4.79 Å². The van der Waals surface area contributed by atoms with Crippen LogP contribution in [0.2, 0.25) is 0 Å². The van der Waals surface area contributed by atoms with Crippen LogP contribution in [0, 0.1) is 6.92 Å². The Labute approximate surface area is 117 Å². The van der Waals surface area contributed by atoms with Crippen LogP contribution in [0.15, 0.2) is 18.2 Å². The number of rotatable bonds is 8. The Morgan fingerprint density at radius 2 is 1.95 bits per heavy atom. The van der Waals surface area contributed by atoms with Gasteiger partial charge in [-0.1, -0.05) is 38.0 Å². The summed E-state index contributed by atoms with van der Waals surface area (Å²) in [5, 5.41) is 0. The van der Waals surface area contributed by atoms with Gasteiger partial charge in [0.2, 0.25) is 0 Å². The van der Waals surface area contributed by atoms with E-state index in [0.717, 1.165) is 12.8 Å². The zero-order valence-corrected chi connectivity index (χ0v) is 12.5. The number of aryl methyl sites for hydroxylation is 3. The fourth-order valence-corrected chi connectivity index (χ4v) is 2.24. The highest BCUT2D eigenvalue weighted by Gasteiger charge is 2.05. The molecule has 0 N–H and O–H groups in total. The Morgan fingerprint density at radius 3 is 2.58 bits per heavy atom. The molecule has 0 spiro atoms. The predicted molar refractivity (Wildman–Crippen MR) is 79.4 cm³/mol. The van der Waals surface area contributed by atoms with Crippen LogP contribution < -0.4 is 0 Å². The van der Waals surface area contributed by atoms with Gasteiger partial charge < -0.3 is 4.74 Å². The lowest BCUT2D eigenvalue weighted by Gasteiger charge is -2.08. The molecular formula is C17H26O2. The second-order valence-corrected chi connectivity index (χ2v) is 5.02. The molecule has 0 radical (unpaired) electrons. The van der Waals surface area contributed by atoms with Crippen molar-refractivity contribution < 1.29 is 9.53 Å². The van der Waals surface area contributed by atoms with E-state index in [2.05, 4.69) is 32.0 Å². The Balaban J connectivity index is 2.49. The van der Waals surface area contributed by atoms with Gasteiger partial charge in [0.05, 0.1) is 6.61 Å². The number of benzene rings is 1. The first-order valence-corrected chi connectivity index (χ1v) is 7.41. The molecule has 2 nitrogen and oxygen atoms in total. The minimum Gasteiger partial charge on any atom is -0.466 e. The fraction of sp³-hybridized carbons (Fsp3) is 0.588. The van der Waals surface area contributed by atoms with Crippen LogP contribution >= 0.6 is 0 Å². The first-order chi connectivity index (χ1) is 9.17. The molecule has 0 bridgehead atoms. The van der Waals surface area contributed by atoms with Crippen LogP contribution in [0.5, 0.6) is 0 Å². The molecule has 0 aliphatic carbocycles. The highest BCUT2D eigenvalue weighted by molar-refractivity contribution is 5.69. The molecule has 1 aromatic rings. The molecule has 0 fully saturated rings. The standard InChI is InChI=1S/C17H26O2/c1-4-6-7-8-15-9-10-16(14(3)13-15)11-12-17(18)19-5-2/h9-10,13H,4-8,11-12H2,1-3H3. The molecule has 0 heterocycles. The number of hydrogen-bond donors (Lipinski definition) is 0. The maximum absolute atomic E-state index is 11.3. The van der Waals surface area contributed by atoms with Gasteiger partial charge >= 0.3 is 5.97 Å². The average Bonchev–Trinajstić information content (AvgIpc) is 2.38. The Hall–Kier alpha value is -1.31. The SMILES string of the molecule is CCCCCc1ccc(CCC(=O)OCC)c(C)c1. The maximum atomic E-state index is 11.3. The van der Waals surface area contributed by atoms with E-state index in [1.165, 1.54) is 36.0 Å². The van der Waals surface area contributed by atoms with Gasteiger partial charge in [-0.25, -0.2) is 0 Å². The molecule has 0 amide bonds. The van der Waals surface area contributed by atoms with E-state index in [4.69, 9.17) is 4.74 Å². The van der Waals surface area contributed by atoms with E-state index < -0.39 is 0 Å². The highest BCUT2D eigenvalue weighted by atomic mass is 16.5. The third-order valence-corrected chi connectivity index (χ3v) is 3.38. The molecule has 0 saturated heterocycles. The molecule has 106 valence electrons. The van der Waals surface area contributed by atoms with E-state index in [1.807, 2.05) is 6.92 Å². The monoisotopic (exact) mass is 262 g/mol. The summed E-state index contributed by atoms with van der Waals surface area (Å²) in [6.45, 7) is 6.66. The molecule has 0 atom stereocenters. The van der Waals surface area contributed by atoms with Crippen molar-refractivity contribution in [3.8, 4) is 0 Å². The summed E-state index contributed by atoms with van der Waals surface area (Å²) in [6.07, 6.45) is 6.23. The van der Waals surface area contributed by atoms with Gasteiger partial charge in [0, 0.05) is 6.42 Å². The van der Waals surface area contributed by atoms with Crippen LogP contribution in [-0.4, -0.2) is 12.6 Å². The van der Waals surface area contributed by atoms with Crippen molar-refractivity contribution in [2.24, 2.45) is 0 Å². The summed E-state index contributed by atoms with van der Waals surface area (Å²) in [4.78, 5) is 11.3. The Bertz CT molecular complexity index is 396. The molecule has 0 aromatic heterocycles. The summed E-state index contributed by atoms with van der Waals surface area (Å²) >= 11 is 0. The number of hydrogen-bond acceptors (Lipinski definition) is 2. The topological polar surface area (TPSA) is 26.3 Å². The highest BCUT2D eigenvalue weighted by Crippen LogP contribution is 2.15. The van der Waals surface area contributed by atoms with Crippen molar-refractivity contribution in [1.29, 1.82) is 0 Å². The minimum absolute atomic E-state index is 0.103. The van der Waals surface area contributed by atoms with Crippen LogP contribution in [0.1, 0.15) is 56.2 Å². The lowest BCUT2D eigenvalue weighted by Crippen LogP contribution is -2.05. The van der Waals surface area contributed by atoms with E-state index in [1.54, 1.807) is 0 Å². The van der Waals surface area contributed by atoms with Crippen LogP contribution in [-0.2, 0) is 22.4 Å². The number of ether oxygens (including phenoxy) is 1. The summed E-state index contributed by atoms with van der Waals surface area (Å²) < 4.78 is 4.95. The third kappa shape index (κ3) is 5.91. The molecule has 1 aromatic carbocycles. The molecular weight excluding hydrogens is 236 g/mol. The summed E-state index contributed by atoms with van der Waals surface area (Å²) in [5.41, 5.74) is 3.96. The first-order valence-electron chi connectivity index (χ1n) is 7.41. The van der Waals surface area contributed by atoms with Gasteiger partial charge in [0.15, 0.2) is 0 Å². The molecule has 2 heteroatoms. The van der Waals surface area contributed by atoms with Gasteiger partial charge in [0.1, 0.15) is 0 Å². The molecule has 0 aliphatic rings. The smallest absolute Gasteiger partial charge is 0.306 e. The quantitative estimate of drug-likeness (QED) is 0.518. The van der Waals surface area contributed by atoms with Crippen molar-refractivity contribution in [3.05, 3.63) is 34.9 Å². The van der Waals surface area contributed by atoms with Crippen molar-refractivity contribution in [2.75, 3.05) is 6.61 Å². The normalized spacial score (nSPS) is 10.5. The predicted octanol–water partition coefficient (Wildman–Crippen LogP) is 4.22. The summed E-state index contributed by atoms with van der Waals surface area (Å²) in [5.74, 6) is -0.103. The van der Waals surface area contributed by atoms with Crippen molar-refractivity contribution in [1.82, 2.24) is 0 Å². The lowest BCUT2D eigenvalue weighted by atomic mass is 9.98. The lowest BCUT2D eigenvalue weighted by molar-refractivity contribution is -0.143. The number of unbranched alkanes of at least 4 members (excludes halogenated alkanes) is 2. The molecule has 0 saturated carbocycles. The zero-order chi connectivity index (χ0) is 14.1. The van der Waals surface area contributed by atoms with Gasteiger partial charge in [-0.15, -0.1) is 0 Å². The van der Waals surface area contributed by atoms with Gasteiger partial charge in [-0.2, -0.15) is 0 Å². The van der Waals surface area contributed by atoms with Crippen LogP contribution in [0.4, 0.5) is 0 Å². The van der Waals surface area contributed by atoms with Crippen molar-refractivity contribution >= 4 is 5.97 Å². The average molecular weight is 262 g/mol. The van der Waals surface area contributed by atoms with Gasteiger partial charge in [-0.05, 0) is 49.8 Å². The van der Waals surface area contributed by atoms with Crippen LogP contribution in [0.3, 0.4) is 0 Å². The van der Waals surface area contributed by atoms with E-state index >= 15 is 0 Å². The second kappa shape index (κ2) is 8.73. The van der Waals surface area contributed by atoms with E-state index in [0.29, 0.717) is 13.0 Å². The summed E-state index contributed by atoms with van der Waals surface area (Å²) in [6, 6.07) is 6.62. The third-order valence-electron chi connectivity index (χ3n) is 3.38. The second-order valence-electron chi connectivity index (χ2n) is 5.02. The Morgan fingerprint density at radius 1 is 1.16 bits per heavy atom. The van der Waals surface area contributed by atoms with E-state index in [-0.39, 0.29) is 5.97 Å². The molecule has 19 heavy (non-hydrogen) atoms. The zero-order valence-electron chi connectivity index (χ0n) is 12.5. The maximum Gasteiger partial charge on any atom is 0.306 e. The number of carbonyl (C=O) groups excluding carboxylic acids is 1. The van der Waals surface area contributed by atoms with Gasteiger partial charge in [0.25, 0.3) is 0 Å².